The Bertz CT molecular complexity index is 1050. The average molecular weight is 403 g/mol. The molecule has 0 spiro atoms. The molecule has 1 saturated heterocycles. The second-order valence-electron chi connectivity index (χ2n) is 7.13. The van der Waals surface area contributed by atoms with Gasteiger partial charge < -0.3 is 15.2 Å². The summed E-state index contributed by atoms with van der Waals surface area (Å²) >= 11 is 0. The largest absolute Gasteiger partial charge is 0.497 e. The number of methoxy groups -OCH3 is 1. The highest BCUT2D eigenvalue weighted by Crippen LogP contribution is 2.33. The molecule has 0 bridgehead atoms. The summed E-state index contributed by atoms with van der Waals surface area (Å²) in [5.74, 6) is 0.190. The van der Waals surface area contributed by atoms with E-state index in [1.165, 1.54) is 0 Å². The van der Waals surface area contributed by atoms with Gasteiger partial charge in [-0.15, -0.1) is 0 Å². The lowest BCUT2D eigenvalue weighted by Gasteiger charge is -2.31. The first-order valence-electron chi connectivity index (χ1n) is 9.48. The van der Waals surface area contributed by atoms with Crippen LogP contribution in [0.4, 0.5) is 4.79 Å². The molecule has 1 aliphatic heterocycles. The van der Waals surface area contributed by atoms with Crippen molar-refractivity contribution in [2.75, 3.05) is 7.11 Å². The fourth-order valence-corrected chi connectivity index (χ4v) is 3.63. The summed E-state index contributed by atoms with van der Waals surface area (Å²) in [6, 6.07) is 19.5. The Balaban J connectivity index is 1.63. The Morgan fingerprint density at radius 2 is 1.67 bits per heavy atom. The van der Waals surface area contributed by atoms with Gasteiger partial charge in [0.2, 0.25) is 0 Å². The molecule has 0 aliphatic carbocycles. The van der Waals surface area contributed by atoms with Crippen LogP contribution in [0.1, 0.15) is 17.4 Å². The standard InChI is InChI=1S/C23H21N3O4/c1-30-19-11-9-16(10-12-19)15-5-7-17(8-6-15)20(27)23(21(28)25-22(29)26-23)14-18-4-2-3-13-24-18/h2-13,20,27H,14H2,1H3,(H2,25,26,28,29). The smallest absolute Gasteiger partial charge is 0.322 e. The van der Waals surface area contributed by atoms with E-state index >= 15 is 0 Å². The van der Waals surface area contributed by atoms with E-state index in [2.05, 4.69) is 15.6 Å². The fourth-order valence-electron chi connectivity index (χ4n) is 3.63. The van der Waals surface area contributed by atoms with Crippen LogP contribution in [0.25, 0.3) is 11.1 Å². The summed E-state index contributed by atoms with van der Waals surface area (Å²) in [7, 11) is 1.62. The summed E-state index contributed by atoms with van der Waals surface area (Å²) < 4.78 is 5.18. The van der Waals surface area contributed by atoms with Crippen molar-refractivity contribution in [3.8, 4) is 16.9 Å². The summed E-state index contributed by atoms with van der Waals surface area (Å²) in [5, 5.41) is 16.0. The summed E-state index contributed by atoms with van der Waals surface area (Å²) in [5.41, 5.74) is 1.51. The molecule has 3 N–H and O–H groups in total. The molecule has 0 radical (unpaired) electrons. The van der Waals surface area contributed by atoms with Gasteiger partial charge in [-0.2, -0.15) is 0 Å². The third kappa shape index (κ3) is 3.62. The van der Waals surface area contributed by atoms with E-state index in [0.717, 1.165) is 16.9 Å². The van der Waals surface area contributed by atoms with Gasteiger partial charge >= 0.3 is 6.03 Å². The molecule has 4 rings (SSSR count). The molecule has 2 heterocycles. The zero-order chi connectivity index (χ0) is 21.1. The Kier molecular flexibility index (Phi) is 5.20. The quantitative estimate of drug-likeness (QED) is 0.550. The maximum Gasteiger partial charge on any atom is 0.322 e. The van der Waals surface area contributed by atoms with Gasteiger partial charge in [-0.05, 0) is 41.0 Å². The molecule has 30 heavy (non-hydrogen) atoms. The van der Waals surface area contributed by atoms with Crippen LogP contribution >= 0.6 is 0 Å². The molecule has 2 atom stereocenters. The number of nitrogens with zero attached hydrogens (tertiary/aromatic N) is 1. The first-order valence-corrected chi connectivity index (χ1v) is 9.48. The lowest BCUT2D eigenvalue weighted by molar-refractivity contribution is -0.128. The van der Waals surface area contributed by atoms with Crippen LogP contribution in [0, 0.1) is 0 Å². The number of hydrogen-bond donors (Lipinski definition) is 3. The van der Waals surface area contributed by atoms with Crippen LogP contribution < -0.4 is 15.4 Å². The number of aliphatic hydroxyl groups is 1. The molecule has 2 unspecified atom stereocenters. The van der Waals surface area contributed by atoms with Crippen molar-refractivity contribution in [3.05, 3.63) is 84.2 Å². The predicted octanol–water partition coefficient (Wildman–Crippen LogP) is 2.61. The van der Waals surface area contributed by atoms with Crippen LogP contribution in [-0.2, 0) is 11.2 Å². The maximum absolute atomic E-state index is 12.7. The van der Waals surface area contributed by atoms with Crippen molar-refractivity contribution in [3.63, 3.8) is 0 Å². The molecular weight excluding hydrogens is 382 g/mol. The van der Waals surface area contributed by atoms with E-state index in [1.54, 1.807) is 43.6 Å². The average Bonchev–Trinajstić information content (AvgIpc) is 3.07. The highest BCUT2D eigenvalue weighted by atomic mass is 16.5. The van der Waals surface area contributed by atoms with Gasteiger partial charge in [0.25, 0.3) is 5.91 Å². The first-order chi connectivity index (χ1) is 14.5. The number of carbonyl (C=O) groups is 2. The minimum atomic E-state index is -1.53. The van der Waals surface area contributed by atoms with Crippen molar-refractivity contribution in [1.29, 1.82) is 0 Å². The topological polar surface area (TPSA) is 101 Å². The fraction of sp³-hybridized carbons (Fsp3) is 0.174. The number of ether oxygens (including phenoxy) is 1. The van der Waals surface area contributed by atoms with E-state index in [1.807, 2.05) is 36.4 Å². The van der Waals surface area contributed by atoms with E-state index in [4.69, 9.17) is 4.74 Å². The zero-order valence-corrected chi connectivity index (χ0v) is 16.3. The van der Waals surface area contributed by atoms with Gasteiger partial charge in [0.1, 0.15) is 11.9 Å². The number of hydrogen-bond acceptors (Lipinski definition) is 5. The number of amides is 3. The van der Waals surface area contributed by atoms with E-state index in [9.17, 15) is 14.7 Å². The minimum Gasteiger partial charge on any atom is -0.497 e. The van der Waals surface area contributed by atoms with Crippen molar-refractivity contribution >= 4 is 11.9 Å². The molecule has 3 amide bonds. The summed E-state index contributed by atoms with van der Waals surface area (Å²) in [6.07, 6.45) is 0.413. The minimum absolute atomic E-state index is 0.0623. The molecule has 0 saturated carbocycles. The monoisotopic (exact) mass is 403 g/mol. The first kappa shape index (κ1) is 19.6. The van der Waals surface area contributed by atoms with E-state index in [0.29, 0.717) is 11.3 Å². The number of pyridine rings is 1. The molecule has 1 fully saturated rings. The Morgan fingerprint density at radius 1 is 1.00 bits per heavy atom. The number of carbonyl (C=O) groups excluding carboxylic acids is 2. The van der Waals surface area contributed by atoms with Gasteiger partial charge in [-0.1, -0.05) is 42.5 Å². The third-order valence-corrected chi connectivity index (χ3v) is 5.27. The Morgan fingerprint density at radius 3 is 2.20 bits per heavy atom. The normalized spacial score (nSPS) is 19.1. The van der Waals surface area contributed by atoms with Crippen molar-refractivity contribution < 1.29 is 19.4 Å². The van der Waals surface area contributed by atoms with Gasteiger partial charge in [-0.25, -0.2) is 4.79 Å². The molecule has 3 aromatic rings. The van der Waals surface area contributed by atoms with Crippen molar-refractivity contribution in [1.82, 2.24) is 15.6 Å². The SMILES string of the molecule is COc1ccc(-c2ccc(C(O)C3(Cc4ccccn4)NC(=O)NC3=O)cc2)cc1. The maximum atomic E-state index is 12.7. The Labute approximate surface area is 173 Å². The number of rotatable bonds is 6. The predicted molar refractivity (Wildman–Crippen MR) is 111 cm³/mol. The molecular formula is C23H21N3O4. The molecule has 1 aliphatic rings. The van der Waals surface area contributed by atoms with Gasteiger partial charge in [0.15, 0.2) is 5.54 Å². The number of aromatic nitrogens is 1. The zero-order valence-electron chi connectivity index (χ0n) is 16.3. The van der Waals surface area contributed by atoms with E-state index < -0.39 is 23.6 Å². The molecule has 2 aromatic carbocycles. The van der Waals surface area contributed by atoms with Crippen molar-refractivity contribution in [2.24, 2.45) is 0 Å². The van der Waals surface area contributed by atoms with Gasteiger partial charge in [0.05, 0.1) is 7.11 Å². The van der Waals surface area contributed by atoms with Crippen LogP contribution in [0.5, 0.6) is 5.75 Å². The number of benzene rings is 2. The van der Waals surface area contributed by atoms with E-state index in [-0.39, 0.29) is 6.42 Å². The molecule has 7 heteroatoms. The summed E-state index contributed by atoms with van der Waals surface area (Å²) in [4.78, 5) is 28.8. The van der Waals surface area contributed by atoms with Crippen molar-refractivity contribution in [2.45, 2.75) is 18.1 Å². The van der Waals surface area contributed by atoms with Crippen LogP contribution in [0.3, 0.4) is 0 Å². The number of nitrogens with one attached hydrogen (secondary N) is 2. The molecule has 7 nitrogen and oxygen atoms in total. The third-order valence-electron chi connectivity index (χ3n) is 5.27. The Hall–Kier alpha value is -3.71. The van der Waals surface area contributed by atoms with Crippen LogP contribution in [0.2, 0.25) is 0 Å². The highest BCUT2D eigenvalue weighted by molar-refractivity contribution is 6.07. The second-order valence-corrected chi connectivity index (χ2v) is 7.13. The van der Waals surface area contributed by atoms with Crippen LogP contribution in [-0.4, -0.2) is 34.7 Å². The number of aliphatic hydroxyl groups excluding tert-OH is 1. The number of urea groups is 1. The summed E-state index contributed by atoms with van der Waals surface area (Å²) in [6.45, 7) is 0. The highest BCUT2D eigenvalue weighted by Gasteiger charge is 2.52. The number of imide groups is 1. The van der Waals surface area contributed by atoms with Gasteiger partial charge in [0, 0.05) is 18.3 Å². The lowest BCUT2D eigenvalue weighted by Crippen LogP contribution is -2.54. The molecule has 152 valence electrons. The lowest BCUT2D eigenvalue weighted by atomic mass is 9.83. The van der Waals surface area contributed by atoms with Gasteiger partial charge in [-0.3, -0.25) is 15.1 Å². The molecule has 1 aromatic heterocycles. The van der Waals surface area contributed by atoms with Crippen LogP contribution in [0.15, 0.2) is 72.9 Å². The second kappa shape index (κ2) is 7.96.